The highest BCUT2D eigenvalue weighted by atomic mass is 32.1. The van der Waals surface area contributed by atoms with Gasteiger partial charge in [-0.15, -0.1) is 0 Å². The fraction of sp³-hybridized carbons (Fsp3) is 0.857. The first-order valence-corrected chi connectivity index (χ1v) is 3.59. The molecule has 0 aromatic carbocycles. The third kappa shape index (κ3) is 4.25. The van der Waals surface area contributed by atoms with Gasteiger partial charge in [0, 0.05) is 0 Å². The molecule has 0 radical (unpaired) electrons. The molecule has 1 heteroatoms. The molecule has 0 rings (SSSR count). The van der Waals surface area contributed by atoms with Gasteiger partial charge >= 0.3 is 0 Å². The highest BCUT2D eigenvalue weighted by Gasteiger charge is 1.98. The van der Waals surface area contributed by atoms with Gasteiger partial charge in [-0.05, 0) is 23.6 Å². The van der Waals surface area contributed by atoms with Gasteiger partial charge in [0.1, 0.15) is 0 Å². The molecule has 0 aliphatic heterocycles. The average Bonchev–Trinajstić information content (AvgIpc) is 1.65. The highest BCUT2D eigenvalue weighted by molar-refractivity contribution is 7.79. The summed E-state index contributed by atoms with van der Waals surface area (Å²) in [6, 6.07) is 0. The number of rotatable bonds is 3. The quantitative estimate of drug-likeness (QED) is 0.529. The fourth-order valence-electron chi connectivity index (χ4n) is 0.799. The summed E-state index contributed by atoms with van der Waals surface area (Å²) in [6.07, 6.45) is 1.23. The summed E-state index contributed by atoms with van der Waals surface area (Å²) in [4.78, 5) is 0. The van der Waals surface area contributed by atoms with Crippen LogP contribution in [0.4, 0.5) is 0 Å². The Labute approximate surface area is 57.3 Å². The molecule has 48 valence electrons. The maximum absolute atomic E-state index is 4.77. The van der Waals surface area contributed by atoms with Gasteiger partial charge in [0.25, 0.3) is 0 Å². The topological polar surface area (TPSA) is 0 Å². The van der Waals surface area contributed by atoms with E-state index in [4.69, 9.17) is 12.2 Å². The van der Waals surface area contributed by atoms with Crippen molar-refractivity contribution in [1.29, 1.82) is 0 Å². The van der Waals surface area contributed by atoms with E-state index in [1.54, 1.807) is 0 Å². The standard InChI is InChI=1S/C7H14S/c1-6(2)4-7(3)5-8/h5-7H,4H2,1-3H3. The molecule has 0 heterocycles. The van der Waals surface area contributed by atoms with Crippen LogP contribution in [0, 0.1) is 11.8 Å². The van der Waals surface area contributed by atoms with Crippen molar-refractivity contribution in [3.05, 3.63) is 0 Å². The maximum Gasteiger partial charge on any atom is -0.0154 e. The summed E-state index contributed by atoms with van der Waals surface area (Å²) >= 11 is 4.77. The summed E-state index contributed by atoms with van der Waals surface area (Å²) in [7, 11) is 0. The molecule has 0 aliphatic rings. The van der Waals surface area contributed by atoms with E-state index in [0.29, 0.717) is 5.92 Å². The van der Waals surface area contributed by atoms with Crippen LogP contribution in [-0.2, 0) is 0 Å². The number of hydrogen-bond acceptors (Lipinski definition) is 1. The third-order valence-corrected chi connectivity index (χ3v) is 1.54. The van der Waals surface area contributed by atoms with E-state index in [2.05, 4.69) is 20.8 Å². The molecule has 0 spiro atoms. The van der Waals surface area contributed by atoms with Crippen molar-refractivity contribution in [3.8, 4) is 0 Å². The number of thiocarbonyl (C=S) groups is 1. The first-order chi connectivity index (χ1) is 3.66. The molecule has 0 aliphatic carbocycles. The van der Waals surface area contributed by atoms with Crippen molar-refractivity contribution in [2.75, 3.05) is 0 Å². The molecule has 0 saturated carbocycles. The van der Waals surface area contributed by atoms with Gasteiger partial charge in [-0.2, -0.15) is 0 Å². The Hall–Kier alpha value is 0.0900. The van der Waals surface area contributed by atoms with Gasteiger partial charge in [0.2, 0.25) is 0 Å². The van der Waals surface area contributed by atoms with E-state index >= 15 is 0 Å². The molecule has 0 fully saturated rings. The first-order valence-electron chi connectivity index (χ1n) is 3.12. The molecular formula is C7H14S. The summed E-state index contributed by atoms with van der Waals surface area (Å²) < 4.78 is 0. The van der Waals surface area contributed by atoms with Crippen molar-refractivity contribution >= 4 is 17.6 Å². The lowest BCUT2D eigenvalue weighted by Gasteiger charge is -2.06. The van der Waals surface area contributed by atoms with Crippen molar-refractivity contribution in [2.24, 2.45) is 11.8 Å². The van der Waals surface area contributed by atoms with E-state index in [0.717, 1.165) is 5.92 Å². The highest BCUT2D eigenvalue weighted by Crippen LogP contribution is 2.07. The zero-order valence-electron chi connectivity index (χ0n) is 5.85. The summed E-state index contributed by atoms with van der Waals surface area (Å²) in [5.41, 5.74) is 0. The minimum Gasteiger partial charge on any atom is -0.0932 e. The second-order valence-electron chi connectivity index (χ2n) is 2.74. The smallest absolute Gasteiger partial charge is 0.0154 e. The first kappa shape index (κ1) is 8.09. The molecule has 0 aromatic heterocycles. The Kier molecular flexibility index (Phi) is 4.06. The lowest BCUT2D eigenvalue weighted by atomic mass is 10.0. The van der Waals surface area contributed by atoms with Crippen LogP contribution in [0.3, 0.4) is 0 Å². The van der Waals surface area contributed by atoms with Crippen LogP contribution >= 0.6 is 12.2 Å². The van der Waals surface area contributed by atoms with Crippen LogP contribution in [0.2, 0.25) is 0 Å². The Bertz CT molecular complexity index is 66.8. The molecule has 0 amide bonds. The van der Waals surface area contributed by atoms with Crippen LogP contribution < -0.4 is 0 Å². The minimum atomic E-state index is 0.616. The van der Waals surface area contributed by atoms with E-state index in [1.165, 1.54) is 6.42 Å². The normalized spacial score (nSPS) is 14.0. The van der Waals surface area contributed by atoms with Crippen LogP contribution in [0.1, 0.15) is 27.2 Å². The van der Waals surface area contributed by atoms with E-state index in [1.807, 2.05) is 5.37 Å². The van der Waals surface area contributed by atoms with E-state index in [-0.39, 0.29) is 0 Å². The Balaban J connectivity index is 3.23. The molecular weight excluding hydrogens is 116 g/mol. The largest absolute Gasteiger partial charge is 0.0932 e. The predicted octanol–water partition coefficient (Wildman–Crippen LogP) is 2.67. The van der Waals surface area contributed by atoms with Gasteiger partial charge in [-0.25, -0.2) is 0 Å². The molecule has 0 aromatic rings. The molecule has 1 atom stereocenters. The zero-order chi connectivity index (χ0) is 6.57. The van der Waals surface area contributed by atoms with Crippen molar-refractivity contribution < 1.29 is 0 Å². The summed E-state index contributed by atoms with van der Waals surface area (Å²) in [5.74, 6) is 1.40. The average molecular weight is 130 g/mol. The van der Waals surface area contributed by atoms with Crippen LogP contribution in [-0.4, -0.2) is 5.37 Å². The Morgan fingerprint density at radius 1 is 1.38 bits per heavy atom. The Morgan fingerprint density at radius 2 is 1.88 bits per heavy atom. The summed E-state index contributed by atoms with van der Waals surface area (Å²) in [5, 5.41) is 1.85. The van der Waals surface area contributed by atoms with E-state index < -0.39 is 0 Å². The van der Waals surface area contributed by atoms with Crippen molar-refractivity contribution in [2.45, 2.75) is 27.2 Å². The van der Waals surface area contributed by atoms with Crippen LogP contribution in [0.5, 0.6) is 0 Å². The molecule has 0 bridgehead atoms. The lowest BCUT2D eigenvalue weighted by Crippen LogP contribution is -1.98. The van der Waals surface area contributed by atoms with Crippen LogP contribution in [0.25, 0.3) is 0 Å². The third-order valence-electron chi connectivity index (χ3n) is 1.08. The van der Waals surface area contributed by atoms with Gasteiger partial charge < -0.3 is 0 Å². The second-order valence-corrected chi connectivity index (χ2v) is 3.02. The van der Waals surface area contributed by atoms with Crippen LogP contribution in [0.15, 0.2) is 0 Å². The SMILES string of the molecule is CC(C)CC(C)C=S. The fourth-order valence-corrected chi connectivity index (χ4v) is 0.910. The maximum atomic E-state index is 4.77. The van der Waals surface area contributed by atoms with Crippen molar-refractivity contribution in [1.82, 2.24) is 0 Å². The van der Waals surface area contributed by atoms with Gasteiger partial charge in [-0.3, -0.25) is 0 Å². The molecule has 0 nitrogen and oxygen atoms in total. The Morgan fingerprint density at radius 3 is 2.00 bits per heavy atom. The lowest BCUT2D eigenvalue weighted by molar-refractivity contribution is 0.529. The molecule has 0 N–H and O–H groups in total. The molecule has 0 saturated heterocycles. The summed E-state index contributed by atoms with van der Waals surface area (Å²) in [6.45, 7) is 6.59. The van der Waals surface area contributed by atoms with Gasteiger partial charge in [0.15, 0.2) is 0 Å². The monoisotopic (exact) mass is 130 g/mol. The second kappa shape index (κ2) is 4.02. The predicted molar refractivity (Wildman–Crippen MR) is 42.3 cm³/mol. The van der Waals surface area contributed by atoms with Crippen molar-refractivity contribution in [3.63, 3.8) is 0 Å². The van der Waals surface area contributed by atoms with E-state index in [9.17, 15) is 0 Å². The zero-order valence-corrected chi connectivity index (χ0v) is 6.66. The molecule has 8 heavy (non-hydrogen) atoms. The molecule has 1 unspecified atom stereocenters. The van der Waals surface area contributed by atoms with Gasteiger partial charge in [0.05, 0.1) is 0 Å². The van der Waals surface area contributed by atoms with Gasteiger partial charge in [-0.1, -0.05) is 33.0 Å². The number of hydrogen-bond donors (Lipinski definition) is 0. The minimum absolute atomic E-state index is 0.616.